The van der Waals surface area contributed by atoms with Gasteiger partial charge in [-0.1, -0.05) is 0 Å². The SMILES string of the molecule is CNC(C#N)C1CCC(OC)(OC)CC1. The summed E-state index contributed by atoms with van der Waals surface area (Å²) in [5.41, 5.74) is 0. The second kappa shape index (κ2) is 5.45. The third-order valence-electron chi connectivity index (χ3n) is 3.46. The van der Waals surface area contributed by atoms with Gasteiger partial charge in [-0.15, -0.1) is 0 Å². The van der Waals surface area contributed by atoms with E-state index in [4.69, 9.17) is 14.7 Å². The molecule has 0 heterocycles. The maximum Gasteiger partial charge on any atom is 0.167 e. The summed E-state index contributed by atoms with van der Waals surface area (Å²) >= 11 is 0. The smallest absolute Gasteiger partial charge is 0.167 e. The fourth-order valence-electron chi connectivity index (χ4n) is 2.31. The van der Waals surface area contributed by atoms with Crippen molar-refractivity contribution in [2.24, 2.45) is 5.92 Å². The van der Waals surface area contributed by atoms with Gasteiger partial charge in [0.2, 0.25) is 0 Å². The molecular weight excluding hydrogens is 192 g/mol. The van der Waals surface area contributed by atoms with E-state index in [0.717, 1.165) is 25.7 Å². The summed E-state index contributed by atoms with van der Waals surface area (Å²) in [5.74, 6) is 0.00276. The molecule has 0 radical (unpaired) electrons. The molecule has 0 aliphatic heterocycles. The van der Waals surface area contributed by atoms with Gasteiger partial charge in [0.25, 0.3) is 0 Å². The highest BCUT2D eigenvalue weighted by atomic mass is 16.7. The fourth-order valence-corrected chi connectivity index (χ4v) is 2.31. The van der Waals surface area contributed by atoms with Crippen molar-refractivity contribution in [3.8, 4) is 6.07 Å². The van der Waals surface area contributed by atoms with Gasteiger partial charge in [-0.2, -0.15) is 5.26 Å². The predicted octanol–water partition coefficient (Wildman–Crippen LogP) is 1.28. The van der Waals surface area contributed by atoms with Crippen molar-refractivity contribution in [3.05, 3.63) is 0 Å². The zero-order valence-corrected chi connectivity index (χ0v) is 9.75. The maximum absolute atomic E-state index is 8.95. The minimum atomic E-state index is -0.412. The van der Waals surface area contributed by atoms with Crippen LogP contribution in [0, 0.1) is 17.2 Å². The maximum atomic E-state index is 8.95. The van der Waals surface area contributed by atoms with Crippen LogP contribution >= 0.6 is 0 Å². The van der Waals surface area contributed by atoms with Crippen molar-refractivity contribution in [1.82, 2.24) is 5.32 Å². The van der Waals surface area contributed by atoms with E-state index in [2.05, 4.69) is 11.4 Å². The summed E-state index contributed by atoms with van der Waals surface area (Å²) in [6.45, 7) is 0. The first-order valence-electron chi connectivity index (χ1n) is 5.38. The van der Waals surface area contributed by atoms with Crippen molar-refractivity contribution in [1.29, 1.82) is 5.26 Å². The van der Waals surface area contributed by atoms with E-state index in [1.54, 1.807) is 14.2 Å². The molecule has 0 saturated heterocycles. The molecule has 0 amide bonds. The highest BCUT2D eigenvalue weighted by molar-refractivity contribution is 4.96. The summed E-state index contributed by atoms with van der Waals surface area (Å²) in [6.07, 6.45) is 3.68. The molecule has 0 bridgehead atoms. The molecule has 1 atom stereocenters. The van der Waals surface area contributed by atoms with Crippen molar-refractivity contribution < 1.29 is 9.47 Å². The molecule has 1 rings (SSSR count). The summed E-state index contributed by atoms with van der Waals surface area (Å²) in [7, 11) is 5.20. The molecule has 1 unspecified atom stereocenters. The molecule has 1 N–H and O–H groups in total. The largest absolute Gasteiger partial charge is 0.353 e. The van der Waals surface area contributed by atoms with E-state index in [9.17, 15) is 0 Å². The molecule has 1 saturated carbocycles. The van der Waals surface area contributed by atoms with Gasteiger partial charge in [0.05, 0.1) is 12.1 Å². The minimum Gasteiger partial charge on any atom is -0.353 e. The Labute approximate surface area is 91.6 Å². The minimum absolute atomic E-state index is 0.0447. The Balaban J connectivity index is 2.52. The highest BCUT2D eigenvalue weighted by Crippen LogP contribution is 2.36. The molecule has 0 spiro atoms. The first-order valence-corrected chi connectivity index (χ1v) is 5.38. The van der Waals surface area contributed by atoms with Crippen LogP contribution in [0.3, 0.4) is 0 Å². The van der Waals surface area contributed by atoms with E-state index in [0.29, 0.717) is 5.92 Å². The second-order valence-corrected chi connectivity index (χ2v) is 4.05. The van der Waals surface area contributed by atoms with Gasteiger partial charge in [-0.25, -0.2) is 0 Å². The Morgan fingerprint density at radius 1 is 1.33 bits per heavy atom. The molecule has 0 aromatic heterocycles. The van der Waals surface area contributed by atoms with Gasteiger partial charge < -0.3 is 14.8 Å². The lowest BCUT2D eigenvalue weighted by atomic mass is 9.81. The van der Waals surface area contributed by atoms with Crippen LogP contribution in [0.15, 0.2) is 0 Å². The summed E-state index contributed by atoms with van der Waals surface area (Å²) in [6, 6.07) is 2.25. The average Bonchev–Trinajstić information content (AvgIpc) is 2.32. The fraction of sp³-hybridized carbons (Fsp3) is 0.909. The van der Waals surface area contributed by atoms with Gasteiger partial charge >= 0.3 is 0 Å². The number of hydrogen-bond donors (Lipinski definition) is 1. The Hall–Kier alpha value is -0.630. The highest BCUT2D eigenvalue weighted by Gasteiger charge is 2.37. The van der Waals surface area contributed by atoms with Crippen LogP contribution in [-0.4, -0.2) is 33.1 Å². The van der Waals surface area contributed by atoms with Crippen LogP contribution in [0.1, 0.15) is 25.7 Å². The summed E-state index contributed by atoms with van der Waals surface area (Å²) in [5, 5.41) is 12.0. The van der Waals surface area contributed by atoms with Gasteiger partial charge in [0, 0.05) is 27.1 Å². The second-order valence-electron chi connectivity index (χ2n) is 4.05. The Kier molecular flexibility index (Phi) is 4.52. The van der Waals surface area contributed by atoms with E-state index < -0.39 is 5.79 Å². The molecule has 4 nitrogen and oxygen atoms in total. The third-order valence-corrected chi connectivity index (χ3v) is 3.46. The number of hydrogen-bond acceptors (Lipinski definition) is 4. The zero-order valence-electron chi connectivity index (χ0n) is 9.75. The molecule has 0 aromatic carbocycles. The van der Waals surface area contributed by atoms with Gasteiger partial charge in [-0.3, -0.25) is 0 Å². The van der Waals surface area contributed by atoms with Crippen molar-refractivity contribution in [2.45, 2.75) is 37.5 Å². The molecule has 1 fully saturated rings. The number of rotatable bonds is 4. The Morgan fingerprint density at radius 3 is 2.20 bits per heavy atom. The Morgan fingerprint density at radius 2 is 1.87 bits per heavy atom. The standard InChI is InChI=1S/C11H20N2O2/c1-13-10(8-12)9-4-6-11(14-2,15-3)7-5-9/h9-10,13H,4-7H2,1-3H3. The van der Waals surface area contributed by atoms with Crippen LogP contribution in [0.5, 0.6) is 0 Å². The van der Waals surface area contributed by atoms with E-state index >= 15 is 0 Å². The molecule has 15 heavy (non-hydrogen) atoms. The molecule has 1 aliphatic carbocycles. The molecule has 4 heteroatoms. The molecule has 86 valence electrons. The summed E-state index contributed by atoms with van der Waals surface area (Å²) < 4.78 is 10.8. The zero-order chi connectivity index (χ0) is 11.3. The van der Waals surface area contributed by atoms with E-state index in [1.807, 2.05) is 7.05 Å². The van der Waals surface area contributed by atoms with Gasteiger partial charge in [-0.05, 0) is 25.8 Å². The number of ether oxygens (including phenoxy) is 2. The number of nitrogens with zero attached hydrogens (tertiary/aromatic N) is 1. The third kappa shape index (κ3) is 2.69. The van der Waals surface area contributed by atoms with E-state index in [-0.39, 0.29) is 6.04 Å². The van der Waals surface area contributed by atoms with Crippen LogP contribution < -0.4 is 5.32 Å². The van der Waals surface area contributed by atoms with Gasteiger partial charge in [0.1, 0.15) is 0 Å². The quantitative estimate of drug-likeness (QED) is 0.713. The molecular formula is C11H20N2O2. The Bertz CT molecular complexity index is 223. The normalized spacial score (nSPS) is 23.3. The topological polar surface area (TPSA) is 54.3 Å². The average molecular weight is 212 g/mol. The predicted molar refractivity (Wildman–Crippen MR) is 57.2 cm³/mol. The van der Waals surface area contributed by atoms with Crippen LogP contribution in [0.25, 0.3) is 0 Å². The van der Waals surface area contributed by atoms with Crippen LogP contribution in [0.4, 0.5) is 0 Å². The van der Waals surface area contributed by atoms with Gasteiger partial charge in [0.15, 0.2) is 5.79 Å². The molecule has 0 aromatic rings. The van der Waals surface area contributed by atoms with Crippen LogP contribution in [-0.2, 0) is 9.47 Å². The first-order chi connectivity index (χ1) is 7.21. The number of nitrogens with one attached hydrogen (secondary N) is 1. The van der Waals surface area contributed by atoms with Crippen molar-refractivity contribution in [3.63, 3.8) is 0 Å². The van der Waals surface area contributed by atoms with Crippen LogP contribution in [0.2, 0.25) is 0 Å². The van der Waals surface area contributed by atoms with Crippen molar-refractivity contribution in [2.75, 3.05) is 21.3 Å². The summed E-state index contributed by atoms with van der Waals surface area (Å²) in [4.78, 5) is 0. The number of nitriles is 1. The number of methoxy groups -OCH3 is 2. The first kappa shape index (κ1) is 12.4. The van der Waals surface area contributed by atoms with E-state index in [1.165, 1.54) is 0 Å². The van der Waals surface area contributed by atoms with Crippen molar-refractivity contribution >= 4 is 0 Å². The lowest BCUT2D eigenvalue weighted by Gasteiger charge is -2.38. The lowest BCUT2D eigenvalue weighted by molar-refractivity contribution is -0.227. The monoisotopic (exact) mass is 212 g/mol. The lowest BCUT2D eigenvalue weighted by Crippen LogP contribution is -2.42. The molecule has 1 aliphatic rings.